The van der Waals surface area contributed by atoms with Crippen molar-refractivity contribution in [3.63, 3.8) is 0 Å². The van der Waals surface area contributed by atoms with Gasteiger partial charge in [0.05, 0.1) is 17.7 Å². The quantitative estimate of drug-likeness (QED) is 0.114. The first kappa shape index (κ1) is 28.6. The number of carbonyl (C=O) groups excluding carboxylic acids is 3. The van der Waals surface area contributed by atoms with Gasteiger partial charge in [-0.05, 0) is 65.7 Å². The standard InChI is InChI=1S/C32H25N3O8/c1-41-27-14-9-23(29(18-27)43-20-22-7-10-25(11-8-22)35(39)40)17-28-30(36)33-32(38)34(31(28)37)24-12-15-26(16-13-24)42-19-21-5-3-2-4-6-21/h2-18H,19-20H2,1H3,(H,33,36,38)/b28-17+. The zero-order chi connectivity index (χ0) is 30.3. The Morgan fingerprint density at radius 1 is 0.814 bits per heavy atom. The van der Waals surface area contributed by atoms with Crippen molar-refractivity contribution >= 4 is 35.3 Å². The minimum atomic E-state index is -0.880. The Labute approximate surface area is 246 Å². The number of anilines is 1. The molecule has 0 spiro atoms. The minimum Gasteiger partial charge on any atom is -0.497 e. The number of benzene rings is 4. The Balaban J connectivity index is 1.36. The molecule has 4 aromatic rings. The fourth-order valence-corrected chi connectivity index (χ4v) is 4.24. The second kappa shape index (κ2) is 12.7. The van der Waals surface area contributed by atoms with Crippen LogP contribution in [-0.4, -0.2) is 29.9 Å². The third kappa shape index (κ3) is 6.68. The fourth-order valence-electron chi connectivity index (χ4n) is 4.24. The molecular formula is C32H25N3O8. The highest BCUT2D eigenvalue weighted by Gasteiger charge is 2.37. The highest BCUT2D eigenvalue weighted by Crippen LogP contribution is 2.30. The number of methoxy groups -OCH3 is 1. The topological polar surface area (TPSA) is 137 Å². The van der Waals surface area contributed by atoms with Crippen molar-refractivity contribution in [1.29, 1.82) is 0 Å². The Kier molecular flexibility index (Phi) is 8.43. The number of urea groups is 1. The van der Waals surface area contributed by atoms with Gasteiger partial charge in [-0.25, -0.2) is 9.69 Å². The molecule has 0 atom stereocenters. The molecule has 0 radical (unpaired) electrons. The maximum absolute atomic E-state index is 13.5. The van der Waals surface area contributed by atoms with Crippen molar-refractivity contribution in [2.75, 3.05) is 12.0 Å². The van der Waals surface area contributed by atoms with Crippen LogP contribution < -0.4 is 24.4 Å². The van der Waals surface area contributed by atoms with E-state index in [0.29, 0.717) is 29.2 Å². The third-order valence-corrected chi connectivity index (χ3v) is 6.51. The Morgan fingerprint density at radius 3 is 2.14 bits per heavy atom. The molecule has 5 rings (SSSR count). The molecule has 1 N–H and O–H groups in total. The highest BCUT2D eigenvalue weighted by atomic mass is 16.6. The number of ether oxygens (including phenoxy) is 3. The van der Waals surface area contributed by atoms with Gasteiger partial charge in [0.15, 0.2) is 0 Å². The van der Waals surface area contributed by atoms with Gasteiger partial charge in [0.25, 0.3) is 17.5 Å². The van der Waals surface area contributed by atoms with Gasteiger partial charge in [-0.15, -0.1) is 0 Å². The van der Waals surface area contributed by atoms with Gasteiger partial charge >= 0.3 is 6.03 Å². The summed E-state index contributed by atoms with van der Waals surface area (Å²) in [5.74, 6) is -0.381. The fraction of sp³-hybridized carbons (Fsp3) is 0.0938. The van der Waals surface area contributed by atoms with Crippen molar-refractivity contribution in [2.45, 2.75) is 13.2 Å². The summed E-state index contributed by atoms with van der Waals surface area (Å²) >= 11 is 0. The molecule has 0 bridgehead atoms. The number of nitro benzene ring substituents is 1. The second-order valence-electron chi connectivity index (χ2n) is 9.34. The van der Waals surface area contributed by atoms with Gasteiger partial charge in [0.1, 0.15) is 36.0 Å². The normalized spacial score (nSPS) is 13.9. The lowest BCUT2D eigenvalue weighted by atomic mass is 10.1. The zero-order valence-electron chi connectivity index (χ0n) is 22.9. The number of hydrogen-bond donors (Lipinski definition) is 1. The van der Waals surface area contributed by atoms with Crippen molar-refractivity contribution in [3.8, 4) is 17.2 Å². The van der Waals surface area contributed by atoms with E-state index >= 15 is 0 Å². The van der Waals surface area contributed by atoms with Crippen molar-refractivity contribution in [3.05, 3.63) is 129 Å². The van der Waals surface area contributed by atoms with Crippen LogP contribution in [0.3, 0.4) is 0 Å². The monoisotopic (exact) mass is 579 g/mol. The van der Waals surface area contributed by atoms with Crippen LogP contribution in [0.1, 0.15) is 16.7 Å². The molecule has 1 fully saturated rings. The minimum absolute atomic E-state index is 0.0464. The third-order valence-electron chi connectivity index (χ3n) is 6.51. The maximum atomic E-state index is 13.5. The molecule has 0 saturated carbocycles. The van der Waals surface area contributed by atoms with Crippen LogP contribution in [-0.2, 0) is 22.8 Å². The van der Waals surface area contributed by atoms with Gasteiger partial charge in [0.2, 0.25) is 0 Å². The average molecular weight is 580 g/mol. The van der Waals surface area contributed by atoms with E-state index in [1.165, 1.54) is 25.3 Å². The average Bonchev–Trinajstić information content (AvgIpc) is 3.02. The molecule has 11 heteroatoms. The molecular weight excluding hydrogens is 554 g/mol. The largest absolute Gasteiger partial charge is 0.497 e. The summed E-state index contributed by atoms with van der Waals surface area (Å²) in [6.07, 6.45) is 1.33. The van der Waals surface area contributed by atoms with Gasteiger partial charge in [-0.1, -0.05) is 30.3 Å². The van der Waals surface area contributed by atoms with E-state index < -0.39 is 22.8 Å². The number of amides is 4. The number of nitrogens with zero attached hydrogens (tertiary/aromatic N) is 2. The lowest BCUT2D eigenvalue weighted by molar-refractivity contribution is -0.384. The van der Waals surface area contributed by atoms with E-state index in [-0.39, 0.29) is 29.3 Å². The summed E-state index contributed by atoms with van der Waals surface area (Å²) in [7, 11) is 1.48. The van der Waals surface area contributed by atoms with Crippen LogP contribution in [0.2, 0.25) is 0 Å². The Bertz CT molecular complexity index is 1700. The van der Waals surface area contributed by atoms with E-state index in [2.05, 4.69) is 5.32 Å². The lowest BCUT2D eigenvalue weighted by Crippen LogP contribution is -2.54. The van der Waals surface area contributed by atoms with E-state index in [1.807, 2.05) is 30.3 Å². The zero-order valence-corrected chi connectivity index (χ0v) is 22.9. The first-order valence-corrected chi connectivity index (χ1v) is 13.0. The molecule has 4 amide bonds. The number of nitro groups is 1. The molecule has 1 saturated heterocycles. The SMILES string of the molecule is COc1ccc(/C=C2\C(=O)NC(=O)N(c3ccc(OCc4ccccc4)cc3)C2=O)c(OCc2ccc([N+](=O)[O-])cc2)c1. The summed E-state index contributed by atoms with van der Waals surface area (Å²) in [4.78, 5) is 50.3. The van der Waals surface area contributed by atoms with Crippen LogP contribution in [0, 0.1) is 10.1 Å². The van der Waals surface area contributed by atoms with Gasteiger partial charge in [0, 0.05) is 23.8 Å². The molecule has 4 aromatic carbocycles. The Morgan fingerprint density at radius 2 is 1.47 bits per heavy atom. The second-order valence-corrected chi connectivity index (χ2v) is 9.34. The predicted octanol–water partition coefficient (Wildman–Crippen LogP) is 5.43. The number of nitrogens with one attached hydrogen (secondary N) is 1. The molecule has 1 heterocycles. The highest BCUT2D eigenvalue weighted by molar-refractivity contribution is 6.39. The van der Waals surface area contributed by atoms with Crippen LogP contribution in [0.15, 0.2) is 103 Å². The van der Waals surface area contributed by atoms with Crippen molar-refractivity contribution < 1.29 is 33.5 Å². The van der Waals surface area contributed by atoms with Crippen LogP contribution in [0.5, 0.6) is 17.2 Å². The molecule has 0 unspecified atom stereocenters. The van der Waals surface area contributed by atoms with Crippen molar-refractivity contribution in [1.82, 2.24) is 5.32 Å². The lowest BCUT2D eigenvalue weighted by Gasteiger charge is -2.26. The van der Waals surface area contributed by atoms with E-state index in [9.17, 15) is 24.5 Å². The molecule has 0 aromatic heterocycles. The van der Waals surface area contributed by atoms with Gasteiger partial charge in [-0.2, -0.15) is 0 Å². The summed E-state index contributed by atoms with van der Waals surface area (Å²) in [5, 5.41) is 13.1. The predicted molar refractivity (Wildman–Crippen MR) is 157 cm³/mol. The van der Waals surface area contributed by atoms with E-state index in [1.54, 1.807) is 54.6 Å². The number of rotatable bonds is 10. The van der Waals surface area contributed by atoms with Gasteiger partial charge < -0.3 is 14.2 Å². The van der Waals surface area contributed by atoms with Gasteiger partial charge in [-0.3, -0.25) is 25.0 Å². The smallest absolute Gasteiger partial charge is 0.335 e. The van der Waals surface area contributed by atoms with Crippen molar-refractivity contribution in [2.24, 2.45) is 0 Å². The molecule has 11 nitrogen and oxygen atoms in total. The summed E-state index contributed by atoms with van der Waals surface area (Å²) < 4.78 is 17.0. The summed E-state index contributed by atoms with van der Waals surface area (Å²) in [6, 6.07) is 25.8. The van der Waals surface area contributed by atoms with E-state index in [4.69, 9.17) is 14.2 Å². The first-order valence-electron chi connectivity index (χ1n) is 13.0. The molecule has 1 aliphatic rings. The number of carbonyl (C=O) groups is 3. The summed E-state index contributed by atoms with van der Waals surface area (Å²) in [6.45, 7) is 0.395. The number of barbiturate groups is 1. The molecule has 0 aliphatic carbocycles. The summed E-state index contributed by atoms with van der Waals surface area (Å²) in [5.41, 5.74) is 1.93. The maximum Gasteiger partial charge on any atom is 0.335 e. The number of non-ortho nitro benzene ring substituents is 1. The van der Waals surface area contributed by atoms with Crippen LogP contribution >= 0.6 is 0 Å². The number of imide groups is 2. The van der Waals surface area contributed by atoms with Crippen LogP contribution in [0.4, 0.5) is 16.2 Å². The number of hydrogen-bond acceptors (Lipinski definition) is 8. The molecule has 1 aliphatic heterocycles. The van der Waals surface area contributed by atoms with Crippen LogP contribution in [0.25, 0.3) is 6.08 Å². The molecule has 43 heavy (non-hydrogen) atoms. The Hall–Kier alpha value is -5.97. The van der Waals surface area contributed by atoms with E-state index in [0.717, 1.165) is 10.5 Å². The molecule has 216 valence electrons. The first-order chi connectivity index (χ1) is 20.8.